The van der Waals surface area contributed by atoms with Gasteiger partial charge >= 0.3 is 0 Å². The van der Waals surface area contributed by atoms with Gasteiger partial charge in [-0.2, -0.15) is 5.26 Å². The number of hydrogen-bond acceptors (Lipinski definition) is 3. The molecule has 1 aliphatic rings. The highest BCUT2D eigenvalue weighted by atomic mass is 16.5. The van der Waals surface area contributed by atoms with Crippen LogP contribution in [0.3, 0.4) is 0 Å². The van der Waals surface area contributed by atoms with Crippen molar-refractivity contribution in [1.82, 2.24) is 5.32 Å². The summed E-state index contributed by atoms with van der Waals surface area (Å²) >= 11 is 0. The molecular weight excluding hydrogens is 224 g/mol. The summed E-state index contributed by atoms with van der Waals surface area (Å²) in [7, 11) is 0. The summed E-state index contributed by atoms with van der Waals surface area (Å²) in [4.78, 5) is 0. The Hall–Kier alpha value is -1.53. The summed E-state index contributed by atoms with van der Waals surface area (Å²) in [5.74, 6) is 0.985. The molecule has 1 aromatic rings. The average molecular weight is 244 g/mol. The fourth-order valence-electron chi connectivity index (χ4n) is 2.35. The first-order chi connectivity index (χ1) is 8.52. The second-order valence-electron chi connectivity index (χ2n) is 5.59. The quantitative estimate of drug-likeness (QED) is 0.888. The van der Waals surface area contributed by atoms with Crippen LogP contribution < -0.4 is 10.1 Å². The number of hydrogen-bond donors (Lipinski definition) is 1. The minimum absolute atomic E-state index is 0.0307. The third kappa shape index (κ3) is 2.83. The van der Waals surface area contributed by atoms with E-state index in [0.29, 0.717) is 6.54 Å². The van der Waals surface area contributed by atoms with Crippen molar-refractivity contribution in [3.63, 3.8) is 0 Å². The Morgan fingerprint density at radius 3 is 2.94 bits per heavy atom. The largest absolute Gasteiger partial charge is 0.487 e. The Bertz CT molecular complexity index is 462. The molecule has 96 valence electrons. The molecule has 1 N–H and O–H groups in total. The van der Waals surface area contributed by atoms with E-state index in [1.54, 1.807) is 0 Å². The van der Waals surface area contributed by atoms with Gasteiger partial charge < -0.3 is 10.1 Å². The summed E-state index contributed by atoms with van der Waals surface area (Å²) in [6.45, 7) is 6.85. The molecule has 0 amide bonds. The lowest BCUT2D eigenvalue weighted by Crippen LogP contribution is -2.40. The van der Waals surface area contributed by atoms with Crippen LogP contribution in [0.2, 0.25) is 0 Å². The van der Waals surface area contributed by atoms with Crippen LogP contribution in [0.25, 0.3) is 0 Å². The van der Waals surface area contributed by atoms with Gasteiger partial charge in [0.25, 0.3) is 0 Å². The van der Waals surface area contributed by atoms with E-state index >= 15 is 0 Å². The molecule has 2 atom stereocenters. The molecule has 0 saturated carbocycles. The van der Waals surface area contributed by atoms with Crippen LogP contribution in [0, 0.1) is 17.2 Å². The molecule has 3 heteroatoms. The van der Waals surface area contributed by atoms with Crippen molar-refractivity contribution >= 4 is 0 Å². The van der Waals surface area contributed by atoms with E-state index in [-0.39, 0.29) is 17.6 Å². The number of para-hydroxylation sites is 1. The van der Waals surface area contributed by atoms with Crippen molar-refractivity contribution in [3.8, 4) is 11.8 Å². The molecule has 0 spiro atoms. The third-order valence-electron chi connectivity index (χ3n) is 3.27. The zero-order valence-corrected chi connectivity index (χ0v) is 11.2. The first-order valence-corrected chi connectivity index (χ1v) is 6.43. The molecule has 1 heterocycles. The molecule has 1 aliphatic heterocycles. The minimum atomic E-state index is -0.165. The Kier molecular flexibility index (Phi) is 3.58. The summed E-state index contributed by atoms with van der Waals surface area (Å²) in [5.41, 5.74) is 1.03. The fourth-order valence-corrected chi connectivity index (χ4v) is 2.35. The Labute approximate surface area is 109 Å². The smallest absolute Gasteiger partial charge is 0.124 e. The second kappa shape index (κ2) is 4.99. The SMILES string of the molecule is CC(C#N)CNC1CC(C)(C)Oc2ccccc21. The van der Waals surface area contributed by atoms with Crippen molar-refractivity contribution < 1.29 is 4.74 Å². The summed E-state index contributed by atoms with van der Waals surface area (Å²) < 4.78 is 5.98. The summed E-state index contributed by atoms with van der Waals surface area (Å²) in [6.07, 6.45) is 0.919. The second-order valence-corrected chi connectivity index (χ2v) is 5.59. The Balaban J connectivity index is 2.17. The number of fused-ring (bicyclic) bond motifs is 1. The fraction of sp³-hybridized carbons (Fsp3) is 0.533. The summed E-state index contributed by atoms with van der Waals surface area (Å²) in [6, 6.07) is 10.7. The molecule has 0 bridgehead atoms. The Morgan fingerprint density at radius 2 is 2.22 bits per heavy atom. The molecule has 0 aliphatic carbocycles. The molecule has 1 aromatic carbocycles. The normalized spacial score (nSPS) is 22.4. The van der Waals surface area contributed by atoms with Gasteiger partial charge in [0.1, 0.15) is 11.4 Å². The number of nitrogens with zero attached hydrogens (tertiary/aromatic N) is 1. The number of ether oxygens (including phenoxy) is 1. The van der Waals surface area contributed by atoms with E-state index in [4.69, 9.17) is 10.00 Å². The van der Waals surface area contributed by atoms with Gasteiger partial charge in [0.2, 0.25) is 0 Å². The molecule has 2 rings (SSSR count). The molecular formula is C15H20N2O. The van der Waals surface area contributed by atoms with Crippen LogP contribution in [0.1, 0.15) is 38.8 Å². The van der Waals surface area contributed by atoms with Crippen molar-refractivity contribution in [2.24, 2.45) is 5.92 Å². The maximum absolute atomic E-state index is 8.85. The van der Waals surface area contributed by atoms with Crippen LogP contribution in [0.15, 0.2) is 24.3 Å². The van der Waals surface area contributed by atoms with Crippen molar-refractivity contribution in [1.29, 1.82) is 5.26 Å². The molecule has 2 unspecified atom stereocenters. The van der Waals surface area contributed by atoms with Crippen LogP contribution >= 0.6 is 0 Å². The zero-order valence-electron chi connectivity index (χ0n) is 11.2. The van der Waals surface area contributed by atoms with Crippen molar-refractivity contribution in [3.05, 3.63) is 29.8 Å². The maximum Gasteiger partial charge on any atom is 0.124 e. The van der Waals surface area contributed by atoms with Gasteiger partial charge in [-0.25, -0.2) is 0 Å². The molecule has 0 saturated heterocycles. The van der Waals surface area contributed by atoms with Gasteiger partial charge in [0.15, 0.2) is 0 Å². The van der Waals surface area contributed by atoms with Crippen molar-refractivity contribution in [2.45, 2.75) is 38.8 Å². The number of nitriles is 1. The van der Waals surface area contributed by atoms with Gasteiger partial charge in [0, 0.05) is 24.6 Å². The molecule has 0 aromatic heterocycles. The molecule has 0 radical (unpaired) electrons. The Morgan fingerprint density at radius 1 is 1.50 bits per heavy atom. The highest BCUT2D eigenvalue weighted by molar-refractivity contribution is 5.38. The van der Waals surface area contributed by atoms with Crippen LogP contribution in [0.4, 0.5) is 0 Å². The first-order valence-electron chi connectivity index (χ1n) is 6.43. The maximum atomic E-state index is 8.85. The van der Waals surface area contributed by atoms with Crippen LogP contribution in [-0.2, 0) is 0 Å². The molecule has 18 heavy (non-hydrogen) atoms. The van der Waals surface area contributed by atoms with E-state index in [1.807, 2.05) is 25.1 Å². The molecule has 0 fully saturated rings. The van der Waals surface area contributed by atoms with Gasteiger partial charge in [-0.1, -0.05) is 18.2 Å². The number of benzene rings is 1. The highest BCUT2D eigenvalue weighted by Crippen LogP contribution is 2.39. The van der Waals surface area contributed by atoms with Gasteiger partial charge in [0.05, 0.1) is 12.0 Å². The summed E-state index contributed by atoms with van der Waals surface area (Å²) in [5, 5.41) is 12.3. The zero-order chi connectivity index (χ0) is 13.2. The number of nitrogens with one attached hydrogen (secondary N) is 1. The van der Waals surface area contributed by atoms with Gasteiger partial charge in [-0.3, -0.25) is 0 Å². The standard InChI is InChI=1S/C15H20N2O/c1-11(9-16)10-17-13-8-15(2,3)18-14-7-5-4-6-12(13)14/h4-7,11,13,17H,8,10H2,1-3H3. The van der Waals surface area contributed by atoms with Crippen LogP contribution in [0.5, 0.6) is 5.75 Å². The third-order valence-corrected chi connectivity index (χ3v) is 3.27. The van der Waals surface area contributed by atoms with E-state index in [0.717, 1.165) is 12.2 Å². The monoisotopic (exact) mass is 244 g/mol. The molecule has 3 nitrogen and oxygen atoms in total. The van der Waals surface area contributed by atoms with E-state index < -0.39 is 0 Å². The van der Waals surface area contributed by atoms with E-state index in [9.17, 15) is 0 Å². The lowest BCUT2D eigenvalue weighted by molar-refractivity contribution is 0.0657. The van der Waals surface area contributed by atoms with E-state index in [2.05, 4.69) is 31.3 Å². The van der Waals surface area contributed by atoms with Gasteiger partial charge in [-0.15, -0.1) is 0 Å². The van der Waals surface area contributed by atoms with Gasteiger partial charge in [-0.05, 0) is 26.8 Å². The highest BCUT2D eigenvalue weighted by Gasteiger charge is 2.33. The van der Waals surface area contributed by atoms with Crippen LogP contribution in [-0.4, -0.2) is 12.1 Å². The predicted molar refractivity (Wildman–Crippen MR) is 71.3 cm³/mol. The lowest BCUT2D eigenvalue weighted by Gasteiger charge is -2.38. The average Bonchev–Trinajstić information content (AvgIpc) is 2.34. The van der Waals surface area contributed by atoms with Crippen molar-refractivity contribution in [2.75, 3.05) is 6.54 Å². The number of rotatable bonds is 3. The minimum Gasteiger partial charge on any atom is -0.487 e. The predicted octanol–water partition coefficient (Wildman–Crippen LogP) is 3.04. The topological polar surface area (TPSA) is 45.0 Å². The first kappa shape index (κ1) is 12.9. The lowest BCUT2D eigenvalue weighted by atomic mass is 9.89. The van der Waals surface area contributed by atoms with E-state index in [1.165, 1.54) is 5.56 Å².